The zero-order valence-electron chi connectivity index (χ0n) is 33.3. The van der Waals surface area contributed by atoms with Crippen LogP contribution in [0.2, 0.25) is 0 Å². The van der Waals surface area contributed by atoms with Crippen LogP contribution in [0, 0.1) is 25.7 Å². The first-order valence-corrected chi connectivity index (χ1v) is 21.6. The molecule has 0 bridgehead atoms. The number of unbranched alkanes of at least 4 members (excludes halogenated alkanes) is 3. The third-order valence-corrected chi connectivity index (χ3v) is 13.6. The van der Waals surface area contributed by atoms with Gasteiger partial charge in [0.25, 0.3) is 0 Å². The third kappa shape index (κ3) is 9.45. The minimum absolute atomic E-state index is 0.0739. The van der Waals surface area contributed by atoms with Crippen LogP contribution in [-0.4, -0.2) is 33.4 Å². The van der Waals surface area contributed by atoms with Crippen LogP contribution in [0.25, 0.3) is 22.3 Å². The Hall–Kier alpha value is -3.55. The summed E-state index contributed by atoms with van der Waals surface area (Å²) in [6.07, 6.45) is 11.3. The molecular formula is C47H58O5S2. The topological polar surface area (TPSA) is 54.0 Å². The summed E-state index contributed by atoms with van der Waals surface area (Å²) in [4.78, 5) is 17.0. The van der Waals surface area contributed by atoms with Gasteiger partial charge < -0.3 is 18.9 Å². The summed E-state index contributed by atoms with van der Waals surface area (Å²) in [5, 5.41) is 0. The minimum Gasteiger partial charge on any atom is -0.494 e. The molecule has 5 nitrogen and oxygen atoms in total. The molecule has 0 spiro atoms. The van der Waals surface area contributed by atoms with Gasteiger partial charge in [0, 0.05) is 30.7 Å². The van der Waals surface area contributed by atoms with Crippen molar-refractivity contribution >= 4 is 29.5 Å². The Morgan fingerprint density at radius 3 is 2.13 bits per heavy atom. The Morgan fingerprint density at radius 1 is 0.741 bits per heavy atom. The summed E-state index contributed by atoms with van der Waals surface area (Å²) in [6.45, 7) is 11.6. The van der Waals surface area contributed by atoms with Crippen LogP contribution in [0.5, 0.6) is 17.2 Å². The molecule has 0 radical (unpaired) electrons. The summed E-state index contributed by atoms with van der Waals surface area (Å²) >= 11 is 3.79. The predicted molar refractivity (Wildman–Crippen MR) is 224 cm³/mol. The van der Waals surface area contributed by atoms with Crippen molar-refractivity contribution < 1.29 is 23.7 Å². The molecule has 4 aromatic carbocycles. The highest BCUT2D eigenvalue weighted by atomic mass is 32.2. The number of esters is 1. The van der Waals surface area contributed by atoms with Crippen LogP contribution >= 0.6 is 23.5 Å². The molecule has 6 rings (SSSR count). The van der Waals surface area contributed by atoms with E-state index in [1.165, 1.54) is 73.1 Å². The summed E-state index contributed by atoms with van der Waals surface area (Å²) < 4.78 is 24.0. The van der Waals surface area contributed by atoms with Crippen LogP contribution in [0.3, 0.4) is 0 Å². The van der Waals surface area contributed by atoms with Crippen LogP contribution < -0.4 is 14.2 Å². The molecule has 0 atom stereocenters. The summed E-state index contributed by atoms with van der Waals surface area (Å²) in [5.74, 6) is 3.53. The van der Waals surface area contributed by atoms with Gasteiger partial charge in [-0.25, -0.2) is 0 Å². The highest BCUT2D eigenvalue weighted by molar-refractivity contribution is 8.05. The molecule has 0 unspecified atom stereocenters. The van der Waals surface area contributed by atoms with Crippen LogP contribution in [-0.2, 0) is 9.53 Å². The number of carbonyl (C=O) groups excluding carboxylic acids is 1. The van der Waals surface area contributed by atoms with Gasteiger partial charge in [-0.2, -0.15) is 0 Å². The van der Waals surface area contributed by atoms with E-state index in [-0.39, 0.29) is 11.9 Å². The number of aryl methyl sites for hydroxylation is 2. The average Bonchev–Trinajstić information content (AvgIpc) is 3.17. The maximum absolute atomic E-state index is 11.6. The molecule has 4 aromatic rings. The Labute approximate surface area is 332 Å². The second-order valence-corrected chi connectivity index (χ2v) is 17.5. The molecule has 7 heteroatoms. The molecular weight excluding hydrogens is 709 g/mol. The van der Waals surface area contributed by atoms with Crippen LogP contribution in [0.1, 0.15) is 108 Å². The van der Waals surface area contributed by atoms with Crippen molar-refractivity contribution in [3.05, 3.63) is 77.4 Å². The third-order valence-electron chi connectivity index (χ3n) is 10.9. The highest BCUT2D eigenvalue weighted by Gasteiger charge is 2.31. The van der Waals surface area contributed by atoms with Crippen molar-refractivity contribution in [2.75, 3.05) is 27.4 Å². The Bertz CT molecular complexity index is 1890. The number of ether oxygens (including phenoxy) is 4. The number of hydrogen-bond acceptors (Lipinski definition) is 7. The molecule has 1 saturated carbocycles. The lowest BCUT2D eigenvalue weighted by atomic mass is 9.74. The van der Waals surface area contributed by atoms with Gasteiger partial charge in [-0.3, -0.25) is 4.79 Å². The predicted octanol–water partition coefficient (Wildman–Crippen LogP) is 13.5. The summed E-state index contributed by atoms with van der Waals surface area (Å²) in [5.41, 5.74) is 8.48. The zero-order valence-corrected chi connectivity index (χ0v) is 35.0. The molecule has 0 saturated heterocycles. The van der Waals surface area contributed by atoms with E-state index in [1.54, 1.807) is 14.2 Å². The van der Waals surface area contributed by atoms with E-state index in [1.807, 2.05) is 37.4 Å². The van der Waals surface area contributed by atoms with E-state index in [2.05, 4.69) is 81.4 Å². The Morgan fingerprint density at radius 2 is 1.44 bits per heavy atom. The van der Waals surface area contributed by atoms with Gasteiger partial charge in [-0.15, -0.1) is 0 Å². The van der Waals surface area contributed by atoms with Gasteiger partial charge >= 0.3 is 5.97 Å². The summed E-state index contributed by atoms with van der Waals surface area (Å²) in [6, 6.07) is 22.4. The lowest BCUT2D eigenvalue weighted by Crippen LogP contribution is -2.15. The van der Waals surface area contributed by atoms with Gasteiger partial charge in [-0.1, -0.05) is 81.4 Å². The molecule has 2 aliphatic rings. The molecule has 1 aliphatic heterocycles. The fourth-order valence-corrected chi connectivity index (χ4v) is 10.6. The van der Waals surface area contributed by atoms with E-state index in [0.717, 1.165) is 72.8 Å². The Kier molecular flexibility index (Phi) is 14.0. The van der Waals surface area contributed by atoms with E-state index < -0.39 is 0 Å². The van der Waals surface area contributed by atoms with Crippen molar-refractivity contribution in [1.29, 1.82) is 0 Å². The number of hydrogen-bond donors (Lipinski definition) is 0. The average molecular weight is 767 g/mol. The molecule has 1 aliphatic carbocycles. The number of fused-ring (bicyclic) bond motifs is 2. The highest BCUT2D eigenvalue weighted by Crippen LogP contribution is 2.55. The number of methoxy groups -OCH3 is 2. The second-order valence-electron chi connectivity index (χ2n) is 15.3. The van der Waals surface area contributed by atoms with Crippen LogP contribution in [0.4, 0.5) is 0 Å². The SMILES string of the molecule is CCCC1CCC(c2c(-c3ccc4c(c3)Sc3cc(C)cc(C)c3S4)cc(-c3ccc(OCCCCCCOC(=O)C(C)C)cc3)c(OC)c2OC)CC1. The standard InChI is InChI=1S/C47H58O5S2/c1-8-13-33-14-16-35(17-15-33)43-38(36-20-23-40-41(28-36)53-42-27-31(4)26-32(5)46(42)54-40)29-39(44(49-6)45(43)50-7)34-18-21-37(22-19-34)51-24-11-9-10-12-25-52-47(48)30(2)3/h18-23,26-30,33,35H,8-17,24-25H2,1-7H3. The number of rotatable bonds is 16. The van der Waals surface area contributed by atoms with Crippen molar-refractivity contribution in [3.63, 3.8) is 0 Å². The number of benzene rings is 4. The van der Waals surface area contributed by atoms with E-state index in [9.17, 15) is 4.79 Å². The van der Waals surface area contributed by atoms with E-state index >= 15 is 0 Å². The fourth-order valence-electron chi connectivity index (χ4n) is 8.07. The van der Waals surface area contributed by atoms with Crippen LogP contribution in [0.15, 0.2) is 80.2 Å². The minimum atomic E-state index is -0.122. The quantitative estimate of drug-likeness (QED) is 0.0732. The molecule has 288 valence electrons. The number of carbonyl (C=O) groups is 1. The van der Waals surface area contributed by atoms with Crippen molar-refractivity contribution in [3.8, 4) is 39.5 Å². The molecule has 54 heavy (non-hydrogen) atoms. The lowest BCUT2D eigenvalue weighted by molar-refractivity contribution is -0.147. The first kappa shape index (κ1) is 40.1. The summed E-state index contributed by atoms with van der Waals surface area (Å²) in [7, 11) is 3.57. The maximum atomic E-state index is 11.6. The first-order valence-electron chi connectivity index (χ1n) is 20.0. The Balaban J connectivity index is 1.27. The monoisotopic (exact) mass is 766 g/mol. The van der Waals surface area contributed by atoms with Gasteiger partial charge in [0.15, 0.2) is 11.5 Å². The molecule has 0 amide bonds. The van der Waals surface area contributed by atoms with Crippen molar-refractivity contribution in [1.82, 2.24) is 0 Å². The molecule has 0 N–H and O–H groups in total. The normalized spacial score (nSPS) is 16.4. The van der Waals surface area contributed by atoms with Gasteiger partial charge in [0.05, 0.1) is 33.4 Å². The van der Waals surface area contributed by atoms with Crippen molar-refractivity contribution in [2.24, 2.45) is 11.8 Å². The van der Waals surface area contributed by atoms with Gasteiger partial charge in [0.2, 0.25) is 0 Å². The van der Waals surface area contributed by atoms with Crippen molar-refractivity contribution in [2.45, 2.75) is 124 Å². The largest absolute Gasteiger partial charge is 0.494 e. The maximum Gasteiger partial charge on any atom is 0.308 e. The lowest BCUT2D eigenvalue weighted by Gasteiger charge is -2.32. The second kappa shape index (κ2) is 18.9. The molecule has 0 aromatic heterocycles. The van der Waals surface area contributed by atoms with E-state index in [0.29, 0.717) is 19.1 Å². The smallest absolute Gasteiger partial charge is 0.308 e. The molecule has 1 heterocycles. The fraction of sp³-hybridized carbons (Fsp3) is 0.468. The zero-order chi connectivity index (χ0) is 38.2. The van der Waals surface area contributed by atoms with E-state index in [4.69, 9.17) is 18.9 Å². The van der Waals surface area contributed by atoms with Gasteiger partial charge in [0.1, 0.15) is 5.75 Å². The van der Waals surface area contributed by atoms with Gasteiger partial charge in [-0.05, 0) is 141 Å². The molecule has 1 fully saturated rings. The first-order chi connectivity index (χ1) is 26.2.